The Labute approximate surface area is 134 Å². The zero-order valence-electron chi connectivity index (χ0n) is 11.8. The van der Waals surface area contributed by atoms with Crippen LogP contribution in [0.3, 0.4) is 0 Å². The molecule has 0 aliphatic rings. The monoisotopic (exact) mass is 313 g/mol. The second kappa shape index (κ2) is 6.60. The molecule has 3 aromatic rings. The van der Waals surface area contributed by atoms with Gasteiger partial charge in [-0.2, -0.15) is 0 Å². The van der Waals surface area contributed by atoms with E-state index < -0.39 is 5.97 Å². The summed E-state index contributed by atoms with van der Waals surface area (Å²) in [6.07, 6.45) is 0. The molecule has 3 nitrogen and oxygen atoms in total. The van der Waals surface area contributed by atoms with Crippen LogP contribution in [0.4, 0.5) is 0 Å². The number of benzene rings is 3. The topological polar surface area (TPSA) is 63.3 Å². The summed E-state index contributed by atoms with van der Waals surface area (Å²) < 4.78 is 0. The number of fused-ring (bicyclic) bond motifs is 1. The van der Waals surface area contributed by atoms with Crippen LogP contribution in [0, 0.1) is 0 Å². The molecule has 0 saturated carbocycles. The third-order valence-corrected chi connectivity index (χ3v) is 3.68. The van der Waals surface area contributed by atoms with Crippen LogP contribution in [0.1, 0.15) is 27.5 Å². The molecule has 3 rings (SSSR count). The predicted octanol–water partition coefficient (Wildman–Crippen LogP) is 4.01. The zero-order chi connectivity index (χ0) is 14.8. The summed E-state index contributed by atoms with van der Waals surface area (Å²) in [5, 5.41) is 11.2. The average molecular weight is 314 g/mol. The Bertz CT molecular complexity index is 794. The van der Waals surface area contributed by atoms with Gasteiger partial charge in [0.1, 0.15) is 0 Å². The van der Waals surface area contributed by atoms with Crippen LogP contribution in [0.2, 0.25) is 0 Å². The summed E-state index contributed by atoms with van der Waals surface area (Å²) in [7, 11) is 0. The lowest BCUT2D eigenvalue weighted by molar-refractivity contribution is 0.0697. The molecule has 0 aliphatic carbocycles. The number of carbonyl (C=O) groups is 1. The van der Waals surface area contributed by atoms with E-state index in [1.54, 1.807) is 24.3 Å². The molecule has 22 heavy (non-hydrogen) atoms. The molecular formula is C18H16ClNO2. The van der Waals surface area contributed by atoms with Crippen molar-refractivity contribution in [2.45, 2.75) is 6.04 Å². The molecule has 3 N–H and O–H groups in total. The SMILES string of the molecule is Cl.NC(c1ccc(C(=O)O)cc1)c1cccc2ccccc12. The molecule has 112 valence electrons. The van der Waals surface area contributed by atoms with Crippen molar-refractivity contribution in [3.05, 3.63) is 83.4 Å². The normalized spacial score (nSPS) is 11.7. The van der Waals surface area contributed by atoms with Gasteiger partial charge in [-0.1, -0.05) is 54.6 Å². The maximum absolute atomic E-state index is 10.9. The molecule has 0 saturated heterocycles. The lowest BCUT2D eigenvalue weighted by Gasteiger charge is -2.15. The van der Waals surface area contributed by atoms with Crippen molar-refractivity contribution in [3.8, 4) is 0 Å². The van der Waals surface area contributed by atoms with Crippen LogP contribution < -0.4 is 5.73 Å². The largest absolute Gasteiger partial charge is 0.478 e. The van der Waals surface area contributed by atoms with E-state index >= 15 is 0 Å². The van der Waals surface area contributed by atoms with Gasteiger partial charge in [0.05, 0.1) is 11.6 Å². The Morgan fingerprint density at radius 2 is 1.55 bits per heavy atom. The number of nitrogens with two attached hydrogens (primary N) is 1. The molecule has 1 unspecified atom stereocenters. The van der Waals surface area contributed by atoms with Crippen molar-refractivity contribution in [1.29, 1.82) is 0 Å². The van der Waals surface area contributed by atoms with Gasteiger partial charge in [0.2, 0.25) is 0 Å². The molecule has 1 atom stereocenters. The number of halogens is 1. The Balaban J connectivity index is 0.00000176. The van der Waals surface area contributed by atoms with Crippen LogP contribution in [-0.2, 0) is 0 Å². The lowest BCUT2D eigenvalue weighted by atomic mass is 9.94. The molecule has 3 aromatic carbocycles. The van der Waals surface area contributed by atoms with Crippen LogP contribution in [0.25, 0.3) is 10.8 Å². The fraction of sp³-hybridized carbons (Fsp3) is 0.0556. The highest BCUT2D eigenvalue weighted by Gasteiger charge is 2.12. The van der Waals surface area contributed by atoms with Crippen molar-refractivity contribution in [2.24, 2.45) is 5.73 Å². The van der Waals surface area contributed by atoms with Gasteiger partial charge in [0, 0.05) is 0 Å². The standard InChI is InChI=1S/C18H15NO2.ClH/c19-17(13-8-10-14(11-9-13)18(20)21)16-7-3-5-12-4-1-2-6-15(12)16;/h1-11,17H,19H2,(H,20,21);1H. The first kappa shape index (κ1) is 16.0. The summed E-state index contributed by atoms with van der Waals surface area (Å²) in [6, 6.07) is 20.6. The second-order valence-corrected chi connectivity index (χ2v) is 4.97. The number of rotatable bonds is 3. The maximum Gasteiger partial charge on any atom is 0.335 e. The molecule has 4 heteroatoms. The molecule has 0 aliphatic heterocycles. The Morgan fingerprint density at radius 1 is 0.909 bits per heavy atom. The summed E-state index contributed by atoms with van der Waals surface area (Å²) in [4.78, 5) is 10.9. The number of aromatic carboxylic acids is 1. The predicted molar refractivity (Wildman–Crippen MR) is 90.6 cm³/mol. The van der Waals surface area contributed by atoms with E-state index in [-0.39, 0.29) is 24.0 Å². The van der Waals surface area contributed by atoms with Crippen molar-refractivity contribution < 1.29 is 9.90 Å². The van der Waals surface area contributed by atoms with Gasteiger partial charge in [-0.25, -0.2) is 4.79 Å². The fourth-order valence-corrected chi connectivity index (χ4v) is 2.53. The van der Waals surface area contributed by atoms with E-state index in [2.05, 4.69) is 18.2 Å². The van der Waals surface area contributed by atoms with E-state index in [0.717, 1.165) is 21.9 Å². The van der Waals surface area contributed by atoms with Gasteiger partial charge in [-0.05, 0) is 34.0 Å². The van der Waals surface area contributed by atoms with E-state index in [1.807, 2.05) is 24.3 Å². The van der Waals surface area contributed by atoms with Crippen molar-refractivity contribution in [2.75, 3.05) is 0 Å². The highest BCUT2D eigenvalue weighted by molar-refractivity contribution is 5.88. The Hall–Kier alpha value is -2.36. The summed E-state index contributed by atoms with van der Waals surface area (Å²) >= 11 is 0. The van der Waals surface area contributed by atoms with E-state index in [4.69, 9.17) is 10.8 Å². The highest BCUT2D eigenvalue weighted by Crippen LogP contribution is 2.27. The molecule has 0 aromatic heterocycles. The molecule has 0 amide bonds. The van der Waals surface area contributed by atoms with Crippen LogP contribution in [0.5, 0.6) is 0 Å². The number of hydrogen-bond donors (Lipinski definition) is 2. The third-order valence-electron chi connectivity index (χ3n) is 3.68. The minimum Gasteiger partial charge on any atom is -0.478 e. The number of carboxylic acid groups (broad SMARTS) is 1. The summed E-state index contributed by atoms with van der Waals surface area (Å²) in [6.45, 7) is 0. The molecule has 0 fully saturated rings. The van der Waals surface area contributed by atoms with Crippen LogP contribution in [0.15, 0.2) is 66.7 Å². The quantitative estimate of drug-likeness (QED) is 0.768. The summed E-state index contributed by atoms with van der Waals surface area (Å²) in [5.41, 5.74) is 8.57. The van der Waals surface area contributed by atoms with Crippen molar-refractivity contribution in [3.63, 3.8) is 0 Å². The van der Waals surface area contributed by atoms with E-state index in [1.165, 1.54) is 0 Å². The third kappa shape index (κ3) is 2.96. The maximum atomic E-state index is 10.9. The minimum atomic E-state index is -0.930. The second-order valence-electron chi connectivity index (χ2n) is 4.97. The molecule has 0 heterocycles. The van der Waals surface area contributed by atoms with Gasteiger partial charge < -0.3 is 10.8 Å². The minimum absolute atomic E-state index is 0. The van der Waals surface area contributed by atoms with Crippen molar-refractivity contribution in [1.82, 2.24) is 0 Å². The van der Waals surface area contributed by atoms with Gasteiger partial charge in [-0.15, -0.1) is 12.4 Å². The number of carboxylic acids is 1. The van der Waals surface area contributed by atoms with Gasteiger partial charge in [-0.3, -0.25) is 0 Å². The van der Waals surface area contributed by atoms with Gasteiger partial charge in [0.25, 0.3) is 0 Å². The molecule has 0 bridgehead atoms. The first-order valence-corrected chi connectivity index (χ1v) is 6.73. The van der Waals surface area contributed by atoms with Crippen LogP contribution in [-0.4, -0.2) is 11.1 Å². The zero-order valence-corrected chi connectivity index (χ0v) is 12.6. The Kier molecular flexibility index (Phi) is 4.81. The van der Waals surface area contributed by atoms with E-state index in [9.17, 15) is 4.79 Å². The molecule has 0 spiro atoms. The first-order valence-electron chi connectivity index (χ1n) is 6.73. The smallest absolute Gasteiger partial charge is 0.335 e. The first-order chi connectivity index (χ1) is 10.2. The van der Waals surface area contributed by atoms with E-state index in [0.29, 0.717) is 0 Å². The fourth-order valence-electron chi connectivity index (χ4n) is 2.53. The van der Waals surface area contributed by atoms with Gasteiger partial charge in [0.15, 0.2) is 0 Å². The number of hydrogen-bond acceptors (Lipinski definition) is 2. The Morgan fingerprint density at radius 3 is 2.23 bits per heavy atom. The molecular weight excluding hydrogens is 298 g/mol. The van der Waals surface area contributed by atoms with Gasteiger partial charge >= 0.3 is 5.97 Å². The highest BCUT2D eigenvalue weighted by atomic mass is 35.5. The lowest BCUT2D eigenvalue weighted by Crippen LogP contribution is -2.12. The molecule has 0 radical (unpaired) electrons. The van der Waals surface area contributed by atoms with Crippen molar-refractivity contribution >= 4 is 29.1 Å². The summed E-state index contributed by atoms with van der Waals surface area (Å²) in [5.74, 6) is -0.930. The average Bonchev–Trinajstić information content (AvgIpc) is 2.53. The van der Waals surface area contributed by atoms with Crippen LogP contribution >= 0.6 is 12.4 Å².